The van der Waals surface area contributed by atoms with Crippen molar-refractivity contribution in [3.05, 3.63) is 34.9 Å². The Kier molecular flexibility index (Phi) is 7.96. The molecule has 3 nitrogen and oxygen atoms in total. The molecule has 5 heteroatoms. The van der Waals surface area contributed by atoms with E-state index >= 15 is 0 Å². The maximum absolute atomic E-state index is 11.5. The van der Waals surface area contributed by atoms with E-state index in [4.69, 9.17) is 22.1 Å². The Labute approximate surface area is 113 Å². The molecule has 0 aliphatic heterocycles. The first kappa shape index (κ1) is 16.2. The monoisotopic (exact) mass is 277 g/mol. The minimum absolute atomic E-state index is 0. The summed E-state index contributed by atoms with van der Waals surface area (Å²) < 4.78 is 4.94. The molecule has 96 valence electrons. The number of ether oxygens (including phenoxy) is 1. The van der Waals surface area contributed by atoms with Crippen LogP contribution in [0.3, 0.4) is 0 Å². The zero-order valence-electron chi connectivity index (χ0n) is 9.69. The first-order valence-electron chi connectivity index (χ1n) is 5.29. The van der Waals surface area contributed by atoms with E-state index in [1.165, 1.54) is 0 Å². The number of hydrogen-bond acceptors (Lipinski definition) is 3. The van der Waals surface area contributed by atoms with Gasteiger partial charge < -0.3 is 10.5 Å². The molecule has 0 saturated carbocycles. The van der Waals surface area contributed by atoms with Crippen LogP contribution in [0.4, 0.5) is 0 Å². The molecule has 0 aliphatic rings. The van der Waals surface area contributed by atoms with E-state index in [0.717, 1.165) is 5.56 Å². The van der Waals surface area contributed by atoms with Crippen molar-refractivity contribution in [2.75, 3.05) is 13.2 Å². The highest BCUT2D eigenvalue weighted by Gasteiger charge is 2.19. The molecule has 0 bridgehead atoms. The van der Waals surface area contributed by atoms with Gasteiger partial charge in [-0.2, -0.15) is 0 Å². The summed E-state index contributed by atoms with van der Waals surface area (Å²) in [6.07, 6.45) is 0.523. The maximum atomic E-state index is 11.5. The fourth-order valence-corrected chi connectivity index (χ4v) is 1.67. The fourth-order valence-electron chi connectivity index (χ4n) is 1.45. The van der Waals surface area contributed by atoms with Gasteiger partial charge >= 0.3 is 5.97 Å². The van der Waals surface area contributed by atoms with Gasteiger partial charge in [0, 0.05) is 11.6 Å². The molecule has 0 aliphatic carbocycles. The molecule has 0 aromatic heterocycles. The van der Waals surface area contributed by atoms with E-state index in [-0.39, 0.29) is 30.8 Å². The highest BCUT2D eigenvalue weighted by Crippen LogP contribution is 2.19. The van der Waals surface area contributed by atoms with Gasteiger partial charge in [-0.15, -0.1) is 12.4 Å². The molecule has 0 heterocycles. The molecule has 1 aromatic rings. The second kappa shape index (κ2) is 8.34. The second-order valence-corrected chi connectivity index (χ2v) is 3.89. The van der Waals surface area contributed by atoms with Gasteiger partial charge in [0.05, 0.1) is 12.5 Å². The molecule has 0 spiro atoms. The topological polar surface area (TPSA) is 52.3 Å². The number of rotatable bonds is 5. The molecule has 1 rings (SSSR count). The first-order valence-corrected chi connectivity index (χ1v) is 5.67. The van der Waals surface area contributed by atoms with Crippen LogP contribution in [0.1, 0.15) is 12.5 Å². The van der Waals surface area contributed by atoms with Crippen molar-refractivity contribution in [1.29, 1.82) is 0 Å². The predicted octanol–water partition coefficient (Wildman–Crippen LogP) is 2.44. The van der Waals surface area contributed by atoms with Crippen molar-refractivity contribution < 1.29 is 9.53 Å². The average molecular weight is 278 g/mol. The Morgan fingerprint density at radius 2 is 2.12 bits per heavy atom. The van der Waals surface area contributed by atoms with Gasteiger partial charge in [0.2, 0.25) is 0 Å². The van der Waals surface area contributed by atoms with Gasteiger partial charge in [0.15, 0.2) is 0 Å². The number of carbonyl (C=O) groups is 1. The highest BCUT2D eigenvalue weighted by atomic mass is 35.5. The van der Waals surface area contributed by atoms with Gasteiger partial charge in [-0.1, -0.05) is 29.8 Å². The highest BCUT2D eigenvalue weighted by molar-refractivity contribution is 6.31. The van der Waals surface area contributed by atoms with Crippen molar-refractivity contribution in [2.45, 2.75) is 13.3 Å². The molecule has 0 fully saturated rings. The van der Waals surface area contributed by atoms with Crippen LogP contribution in [0.15, 0.2) is 24.3 Å². The summed E-state index contributed by atoms with van der Waals surface area (Å²) in [5, 5.41) is 0.658. The molecular weight excluding hydrogens is 261 g/mol. The molecule has 17 heavy (non-hydrogen) atoms. The standard InChI is InChI=1S/C12H16ClNO2.ClH/c1-2-16-12(15)10(8-14)7-9-5-3-4-6-11(9)13;/h3-6,10H,2,7-8,14H2,1H3;1H/t10-;/m1./s1. The summed E-state index contributed by atoms with van der Waals surface area (Å²) in [5.74, 6) is -0.579. The van der Waals surface area contributed by atoms with E-state index in [1.807, 2.05) is 18.2 Å². The minimum Gasteiger partial charge on any atom is -0.466 e. The predicted molar refractivity (Wildman–Crippen MR) is 71.6 cm³/mol. The van der Waals surface area contributed by atoms with Crippen molar-refractivity contribution in [3.8, 4) is 0 Å². The Balaban J connectivity index is 0.00000256. The van der Waals surface area contributed by atoms with Crippen LogP contribution in [-0.2, 0) is 16.0 Å². The maximum Gasteiger partial charge on any atom is 0.310 e. The molecule has 0 unspecified atom stereocenters. The third-order valence-electron chi connectivity index (χ3n) is 2.33. The number of hydrogen-bond donors (Lipinski definition) is 1. The number of nitrogens with two attached hydrogens (primary N) is 1. The molecule has 0 amide bonds. The summed E-state index contributed by atoms with van der Waals surface area (Å²) >= 11 is 6.01. The Bertz CT molecular complexity index is 358. The van der Waals surface area contributed by atoms with Gasteiger partial charge in [0.25, 0.3) is 0 Å². The summed E-state index contributed by atoms with van der Waals surface area (Å²) in [7, 11) is 0. The van der Waals surface area contributed by atoms with E-state index in [1.54, 1.807) is 13.0 Å². The lowest BCUT2D eigenvalue weighted by atomic mass is 9.99. The lowest BCUT2D eigenvalue weighted by molar-refractivity contribution is -0.147. The molecule has 1 aromatic carbocycles. The van der Waals surface area contributed by atoms with Crippen LogP contribution in [-0.4, -0.2) is 19.1 Å². The average Bonchev–Trinajstić information content (AvgIpc) is 2.28. The molecule has 0 radical (unpaired) electrons. The third-order valence-corrected chi connectivity index (χ3v) is 2.70. The third kappa shape index (κ3) is 4.94. The minimum atomic E-state index is -0.320. The van der Waals surface area contributed by atoms with Gasteiger partial charge in [-0.05, 0) is 25.0 Å². The van der Waals surface area contributed by atoms with Crippen LogP contribution in [0.5, 0.6) is 0 Å². The molecule has 2 N–H and O–H groups in total. The van der Waals surface area contributed by atoms with Crippen LogP contribution >= 0.6 is 24.0 Å². The Morgan fingerprint density at radius 3 is 2.65 bits per heavy atom. The van der Waals surface area contributed by atoms with Crippen molar-refractivity contribution in [3.63, 3.8) is 0 Å². The van der Waals surface area contributed by atoms with Gasteiger partial charge in [0.1, 0.15) is 0 Å². The zero-order chi connectivity index (χ0) is 12.0. The van der Waals surface area contributed by atoms with Crippen molar-refractivity contribution in [1.82, 2.24) is 0 Å². The summed E-state index contributed by atoms with van der Waals surface area (Å²) in [6, 6.07) is 7.44. The second-order valence-electron chi connectivity index (χ2n) is 3.48. The van der Waals surface area contributed by atoms with E-state index in [2.05, 4.69) is 0 Å². The number of halogens is 2. The van der Waals surface area contributed by atoms with E-state index in [9.17, 15) is 4.79 Å². The quantitative estimate of drug-likeness (QED) is 0.842. The summed E-state index contributed by atoms with van der Waals surface area (Å²) in [4.78, 5) is 11.5. The molecule has 0 saturated heterocycles. The Hall–Kier alpha value is -0.770. The normalized spacial score (nSPS) is 11.5. The number of carbonyl (C=O) groups excluding carboxylic acids is 1. The summed E-state index contributed by atoms with van der Waals surface area (Å²) in [5.41, 5.74) is 6.48. The van der Waals surface area contributed by atoms with Gasteiger partial charge in [-0.25, -0.2) is 0 Å². The van der Waals surface area contributed by atoms with Crippen molar-refractivity contribution >= 4 is 30.0 Å². The van der Waals surface area contributed by atoms with Crippen molar-refractivity contribution in [2.24, 2.45) is 11.7 Å². The van der Waals surface area contributed by atoms with Crippen LogP contribution in [0.25, 0.3) is 0 Å². The lowest BCUT2D eigenvalue weighted by Crippen LogP contribution is -2.27. The smallest absolute Gasteiger partial charge is 0.310 e. The van der Waals surface area contributed by atoms with Crippen LogP contribution in [0, 0.1) is 5.92 Å². The number of benzene rings is 1. The zero-order valence-corrected chi connectivity index (χ0v) is 11.3. The van der Waals surface area contributed by atoms with Crippen LogP contribution < -0.4 is 5.73 Å². The molecule has 1 atom stereocenters. The first-order chi connectivity index (χ1) is 7.69. The van der Waals surface area contributed by atoms with E-state index in [0.29, 0.717) is 18.1 Å². The SMILES string of the molecule is CCOC(=O)[C@@H](CN)Cc1ccccc1Cl.Cl. The number of esters is 1. The van der Waals surface area contributed by atoms with Gasteiger partial charge in [-0.3, -0.25) is 4.79 Å². The van der Waals surface area contributed by atoms with Crippen LogP contribution in [0.2, 0.25) is 5.02 Å². The van der Waals surface area contributed by atoms with E-state index < -0.39 is 0 Å². The Morgan fingerprint density at radius 1 is 1.47 bits per heavy atom. The largest absolute Gasteiger partial charge is 0.466 e. The summed E-state index contributed by atoms with van der Waals surface area (Å²) in [6.45, 7) is 2.42. The lowest BCUT2D eigenvalue weighted by Gasteiger charge is -2.14. The molecular formula is C12H17Cl2NO2. The fraction of sp³-hybridized carbons (Fsp3) is 0.417.